The molecule has 0 spiro atoms. The normalized spacial score (nSPS) is 21.5. The Balaban J connectivity index is 1.52. The number of alkyl halides is 3. The number of nitrogens with zero attached hydrogens (tertiary/aromatic N) is 4. The minimum absolute atomic E-state index is 0.0160. The fourth-order valence-corrected chi connectivity index (χ4v) is 5.47. The van der Waals surface area contributed by atoms with Gasteiger partial charge in [-0.2, -0.15) is 13.2 Å². The largest absolute Gasteiger partial charge is 0.416 e. The predicted molar refractivity (Wildman–Crippen MR) is 132 cm³/mol. The van der Waals surface area contributed by atoms with Crippen molar-refractivity contribution in [3.05, 3.63) is 76.4 Å². The highest BCUT2D eigenvalue weighted by Gasteiger charge is 2.50. The monoisotopic (exact) mass is 513 g/mol. The maximum atomic E-state index is 14.0. The van der Waals surface area contributed by atoms with Gasteiger partial charge < -0.3 is 19.5 Å². The van der Waals surface area contributed by atoms with E-state index in [4.69, 9.17) is 4.74 Å². The summed E-state index contributed by atoms with van der Waals surface area (Å²) in [4.78, 5) is 14.9. The van der Waals surface area contributed by atoms with E-state index in [1.807, 2.05) is 43.7 Å². The van der Waals surface area contributed by atoms with Crippen LogP contribution in [0.25, 0.3) is 0 Å². The number of hydrogen-bond donors (Lipinski definition) is 1. The van der Waals surface area contributed by atoms with Crippen molar-refractivity contribution in [1.82, 2.24) is 20.1 Å². The summed E-state index contributed by atoms with van der Waals surface area (Å²) in [5, 5.41) is 11.5. The lowest BCUT2D eigenvalue weighted by atomic mass is 9.62. The topological polar surface area (TPSA) is 72.3 Å². The Morgan fingerprint density at radius 3 is 2.59 bits per heavy atom. The van der Waals surface area contributed by atoms with Gasteiger partial charge in [-0.3, -0.25) is 4.79 Å². The number of amides is 1. The summed E-state index contributed by atoms with van der Waals surface area (Å²) in [7, 11) is 3.55. The number of ether oxygens (including phenoxy) is 1. The van der Waals surface area contributed by atoms with Crippen molar-refractivity contribution in [2.45, 2.75) is 63.5 Å². The van der Waals surface area contributed by atoms with Gasteiger partial charge in [0.2, 0.25) is 0 Å². The number of aryl methyl sites for hydroxylation is 1. The van der Waals surface area contributed by atoms with Crippen molar-refractivity contribution >= 4 is 11.6 Å². The second-order valence-electron chi connectivity index (χ2n) is 10.3. The highest BCUT2D eigenvalue weighted by Crippen LogP contribution is 2.50. The van der Waals surface area contributed by atoms with E-state index in [2.05, 4.69) is 15.5 Å². The molecule has 1 amide bonds. The van der Waals surface area contributed by atoms with Crippen molar-refractivity contribution in [2.75, 3.05) is 12.0 Å². The van der Waals surface area contributed by atoms with E-state index in [0.717, 1.165) is 17.5 Å². The molecule has 1 aliphatic heterocycles. The van der Waals surface area contributed by atoms with Crippen molar-refractivity contribution in [3.63, 3.8) is 0 Å². The summed E-state index contributed by atoms with van der Waals surface area (Å²) in [6.45, 7) is 3.95. The molecule has 5 rings (SSSR count). The molecule has 0 saturated heterocycles. The molecule has 1 aromatic heterocycles. The zero-order chi connectivity index (χ0) is 26.5. The number of carbonyl (C=O) groups is 1. The van der Waals surface area contributed by atoms with E-state index in [-0.39, 0.29) is 36.4 Å². The Hall–Kier alpha value is -3.24. The molecular formula is C27H30F3N5O2. The number of nitrogens with one attached hydrogen (secondary N) is 1. The van der Waals surface area contributed by atoms with Crippen LogP contribution in [0.2, 0.25) is 0 Å². The third-order valence-corrected chi connectivity index (χ3v) is 7.46. The first kappa shape index (κ1) is 25.4. The fraction of sp³-hybridized carbons (Fsp3) is 0.444. The number of anilines is 1. The molecule has 0 bridgehead atoms. The summed E-state index contributed by atoms with van der Waals surface area (Å²) < 4.78 is 49.5. The highest BCUT2D eigenvalue weighted by atomic mass is 19.4. The summed E-state index contributed by atoms with van der Waals surface area (Å²) >= 11 is 0. The van der Waals surface area contributed by atoms with Crippen LogP contribution in [0.1, 0.15) is 65.1 Å². The summed E-state index contributed by atoms with van der Waals surface area (Å²) in [6, 6.07) is 10.3. The van der Waals surface area contributed by atoms with Gasteiger partial charge in [-0.1, -0.05) is 26.0 Å². The minimum Gasteiger partial charge on any atom is -0.381 e. The molecule has 1 aliphatic carbocycles. The standard InChI is InChI=1S/C27H30F3N5O2/c1-16(2)31-13-17-8-21-22(23(9-17)27(28,29)30)14-35(24(21)36)19-7-5-6-18(10-19)26(11-20(12-26)37-4)25-33-32-15-34(25)3/h5-10,15-16,20,31H,11-14H2,1-4H3. The number of halogens is 3. The molecule has 0 atom stereocenters. The van der Waals surface area contributed by atoms with Gasteiger partial charge in [-0.25, -0.2) is 0 Å². The minimum atomic E-state index is -4.56. The van der Waals surface area contributed by atoms with Crippen LogP contribution in [0.4, 0.5) is 18.9 Å². The summed E-state index contributed by atoms with van der Waals surface area (Å²) in [5.74, 6) is 0.357. The zero-order valence-electron chi connectivity index (χ0n) is 21.3. The van der Waals surface area contributed by atoms with Gasteiger partial charge in [-0.15, -0.1) is 10.2 Å². The highest BCUT2D eigenvalue weighted by molar-refractivity contribution is 6.10. The Bertz CT molecular complexity index is 1330. The Morgan fingerprint density at radius 2 is 1.97 bits per heavy atom. The number of hydrogen-bond acceptors (Lipinski definition) is 5. The van der Waals surface area contributed by atoms with E-state index in [0.29, 0.717) is 24.1 Å². The van der Waals surface area contributed by atoms with Crippen LogP contribution in [-0.2, 0) is 36.5 Å². The van der Waals surface area contributed by atoms with Crippen LogP contribution in [-0.4, -0.2) is 39.9 Å². The van der Waals surface area contributed by atoms with E-state index in [1.54, 1.807) is 25.6 Å². The van der Waals surface area contributed by atoms with Gasteiger partial charge >= 0.3 is 6.18 Å². The molecule has 3 aromatic rings. The van der Waals surface area contributed by atoms with E-state index < -0.39 is 23.1 Å². The molecule has 2 aromatic carbocycles. The van der Waals surface area contributed by atoms with Gasteiger partial charge in [0, 0.05) is 38.0 Å². The average Bonchev–Trinajstić information content (AvgIpc) is 3.40. The zero-order valence-corrected chi connectivity index (χ0v) is 21.3. The molecule has 2 aliphatic rings. The van der Waals surface area contributed by atoms with Gasteiger partial charge in [-0.05, 0) is 53.8 Å². The number of fused-ring (bicyclic) bond motifs is 1. The smallest absolute Gasteiger partial charge is 0.381 e. The average molecular weight is 514 g/mol. The van der Waals surface area contributed by atoms with E-state index in [1.165, 1.54) is 4.90 Å². The quantitative estimate of drug-likeness (QED) is 0.501. The lowest BCUT2D eigenvalue weighted by Crippen LogP contribution is -2.48. The van der Waals surface area contributed by atoms with E-state index >= 15 is 0 Å². The van der Waals surface area contributed by atoms with Gasteiger partial charge in [0.15, 0.2) is 0 Å². The van der Waals surface area contributed by atoms with Gasteiger partial charge in [0.25, 0.3) is 5.91 Å². The summed E-state index contributed by atoms with van der Waals surface area (Å²) in [6.07, 6.45) is -1.47. The Morgan fingerprint density at radius 1 is 1.22 bits per heavy atom. The molecule has 37 heavy (non-hydrogen) atoms. The molecule has 10 heteroatoms. The van der Waals surface area contributed by atoms with Crippen LogP contribution in [0, 0.1) is 0 Å². The number of aromatic nitrogens is 3. The molecule has 0 unspecified atom stereocenters. The molecule has 196 valence electrons. The molecule has 1 saturated carbocycles. The van der Waals surface area contributed by atoms with Crippen LogP contribution in [0.15, 0.2) is 42.7 Å². The lowest BCUT2D eigenvalue weighted by Gasteiger charge is -2.46. The molecule has 2 heterocycles. The second-order valence-corrected chi connectivity index (χ2v) is 10.3. The molecule has 1 fully saturated rings. The first-order valence-corrected chi connectivity index (χ1v) is 12.3. The number of rotatable bonds is 7. The molecule has 7 nitrogen and oxygen atoms in total. The SMILES string of the molecule is COC1CC(c2cccc(N3Cc4c(cc(CNC(C)C)cc4C(F)(F)F)C3=O)c2)(c2nncn2C)C1. The first-order chi connectivity index (χ1) is 17.5. The predicted octanol–water partition coefficient (Wildman–Crippen LogP) is 4.59. The molecular weight excluding hydrogens is 483 g/mol. The second kappa shape index (κ2) is 9.25. The van der Waals surface area contributed by atoms with Crippen LogP contribution < -0.4 is 10.2 Å². The number of methoxy groups -OCH3 is 1. The lowest BCUT2D eigenvalue weighted by molar-refractivity contribution is -0.138. The van der Waals surface area contributed by atoms with Gasteiger partial charge in [0.05, 0.1) is 23.6 Å². The van der Waals surface area contributed by atoms with Crippen LogP contribution in [0.5, 0.6) is 0 Å². The maximum absolute atomic E-state index is 14.0. The number of carbonyl (C=O) groups excluding carboxylic acids is 1. The number of benzene rings is 2. The third kappa shape index (κ3) is 4.42. The van der Waals surface area contributed by atoms with Crippen LogP contribution >= 0.6 is 0 Å². The molecule has 0 radical (unpaired) electrons. The fourth-order valence-electron chi connectivity index (χ4n) is 5.47. The Labute approximate surface area is 213 Å². The first-order valence-electron chi connectivity index (χ1n) is 12.3. The van der Waals surface area contributed by atoms with Crippen molar-refractivity contribution in [2.24, 2.45) is 7.05 Å². The van der Waals surface area contributed by atoms with Crippen molar-refractivity contribution < 1.29 is 22.7 Å². The van der Waals surface area contributed by atoms with E-state index in [9.17, 15) is 18.0 Å². The van der Waals surface area contributed by atoms with Crippen molar-refractivity contribution in [3.8, 4) is 0 Å². The van der Waals surface area contributed by atoms with Crippen LogP contribution in [0.3, 0.4) is 0 Å². The third-order valence-electron chi connectivity index (χ3n) is 7.46. The summed E-state index contributed by atoms with van der Waals surface area (Å²) in [5.41, 5.74) is 0.825. The van der Waals surface area contributed by atoms with Gasteiger partial charge in [0.1, 0.15) is 12.2 Å². The molecule has 1 N–H and O–H groups in total. The Kier molecular flexibility index (Phi) is 6.35. The van der Waals surface area contributed by atoms with Crippen molar-refractivity contribution in [1.29, 1.82) is 0 Å². The maximum Gasteiger partial charge on any atom is 0.416 e.